The Hall–Kier alpha value is -2.41. The Bertz CT molecular complexity index is 816. The maximum absolute atomic E-state index is 13.9. The van der Waals surface area contributed by atoms with Crippen LogP contribution < -0.4 is 15.4 Å². The highest BCUT2D eigenvalue weighted by Gasteiger charge is 2.27. The van der Waals surface area contributed by atoms with Gasteiger partial charge >= 0.3 is 0 Å². The number of amides is 1. The molecule has 1 saturated heterocycles. The highest BCUT2D eigenvalue weighted by molar-refractivity contribution is 5.97. The molecule has 1 fully saturated rings. The third kappa shape index (κ3) is 4.70. The summed E-state index contributed by atoms with van der Waals surface area (Å²) in [7, 11) is 0. The van der Waals surface area contributed by atoms with E-state index >= 15 is 0 Å². The minimum atomic E-state index is -1.97. The molecule has 2 aromatic rings. The molecule has 0 bridgehead atoms. The maximum Gasteiger partial charge on any atom is 0.261 e. The first kappa shape index (κ1) is 20.3. The molecule has 1 amide bonds. The van der Waals surface area contributed by atoms with Crippen LogP contribution in [0.5, 0.6) is 5.75 Å². The predicted octanol–water partition coefficient (Wildman–Crippen LogP) is 4.17. The van der Waals surface area contributed by atoms with E-state index in [1.54, 1.807) is 18.2 Å². The normalized spacial score (nSPS) is 17.4. The van der Waals surface area contributed by atoms with Gasteiger partial charge in [0.05, 0.1) is 11.3 Å². The number of carbonyl (C=O) groups is 1. The van der Waals surface area contributed by atoms with Gasteiger partial charge in [-0.15, -0.1) is 0 Å². The molecule has 1 atom stereocenters. The molecule has 6 nitrogen and oxygen atoms in total. The van der Waals surface area contributed by atoms with Gasteiger partial charge in [0.25, 0.3) is 5.91 Å². The van der Waals surface area contributed by atoms with E-state index in [1.807, 2.05) is 13.8 Å². The summed E-state index contributed by atoms with van der Waals surface area (Å²) in [4.78, 5) is 12.0. The smallest absolute Gasteiger partial charge is 0.261 e. The van der Waals surface area contributed by atoms with Crippen molar-refractivity contribution in [2.24, 2.45) is 0 Å². The van der Waals surface area contributed by atoms with Crippen LogP contribution in [0.1, 0.15) is 44.6 Å². The van der Waals surface area contributed by atoms with Crippen molar-refractivity contribution in [1.29, 1.82) is 0 Å². The molecular formula is C21H28FN3O3. The molecule has 0 radical (unpaired) electrons. The Morgan fingerprint density at radius 1 is 1.39 bits per heavy atom. The molecule has 7 heteroatoms. The molecule has 1 aliphatic rings. The quantitative estimate of drug-likeness (QED) is 0.776. The van der Waals surface area contributed by atoms with Gasteiger partial charge in [0.2, 0.25) is 0 Å². The van der Waals surface area contributed by atoms with Crippen LogP contribution in [0.3, 0.4) is 0 Å². The van der Waals surface area contributed by atoms with E-state index in [9.17, 15) is 9.18 Å². The lowest BCUT2D eigenvalue weighted by molar-refractivity contribution is -0.125. The molecule has 0 saturated carbocycles. The van der Waals surface area contributed by atoms with E-state index in [1.165, 1.54) is 26.7 Å². The van der Waals surface area contributed by atoms with Gasteiger partial charge in [-0.1, -0.05) is 11.6 Å². The first-order valence-corrected chi connectivity index (χ1v) is 9.69. The second-order valence-electron chi connectivity index (χ2n) is 7.79. The van der Waals surface area contributed by atoms with Crippen molar-refractivity contribution in [3.8, 4) is 16.9 Å². The molecule has 3 rings (SSSR count). The first-order valence-electron chi connectivity index (χ1n) is 9.69. The Morgan fingerprint density at radius 3 is 2.79 bits per heavy atom. The lowest BCUT2D eigenvalue weighted by Gasteiger charge is -2.24. The zero-order valence-electron chi connectivity index (χ0n) is 16.9. The molecule has 2 N–H and O–H groups in total. The first-order chi connectivity index (χ1) is 13.3. The number of halogens is 1. The zero-order valence-corrected chi connectivity index (χ0v) is 16.9. The molecular weight excluding hydrogens is 361 g/mol. The minimum Gasteiger partial charge on any atom is -0.491 e. The van der Waals surface area contributed by atoms with Crippen molar-refractivity contribution < 1.29 is 18.4 Å². The van der Waals surface area contributed by atoms with E-state index in [2.05, 4.69) is 15.8 Å². The fourth-order valence-electron chi connectivity index (χ4n) is 3.33. The number of rotatable bonds is 6. The standard InChI is InChI=1S/C21H28FN3O3/c1-13-19(14(2)28-25-13)17-11-15(24-20(26)21(3,4)22)8-9-18(17)27-12-16-7-5-6-10-23-16/h8-9,11,16,23H,5-7,10,12H2,1-4H3,(H,24,26)/t16-/m1/s1. The number of aromatic nitrogens is 1. The van der Waals surface area contributed by atoms with Crippen LogP contribution in [-0.2, 0) is 4.79 Å². The lowest BCUT2D eigenvalue weighted by Crippen LogP contribution is -2.38. The summed E-state index contributed by atoms with van der Waals surface area (Å²) in [5, 5.41) is 10.1. The van der Waals surface area contributed by atoms with Gasteiger partial charge in [-0.05, 0) is 65.3 Å². The highest BCUT2D eigenvalue weighted by atomic mass is 19.1. The number of piperidine rings is 1. The molecule has 1 aliphatic heterocycles. The molecule has 1 aromatic heterocycles. The van der Waals surface area contributed by atoms with E-state index < -0.39 is 11.6 Å². The number of ether oxygens (including phenoxy) is 1. The van der Waals surface area contributed by atoms with Crippen molar-refractivity contribution >= 4 is 11.6 Å². The number of nitrogens with zero attached hydrogens (tertiary/aromatic N) is 1. The number of alkyl halides is 1. The predicted molar refractivity (Wildman–Crippen MR) is 106 cm³/mol. The Kier molecular flexibility index (Phi) is 6.03. The van der Waals surface area contributed by atoms with Gasteiger partial charge in [0, 0.05) is 17.3 Å². The van der Waals surface area contributed by atoms with Gasteiger partial charge in [-0.2, -0.15) is 0 Å². The summed E-state index contributed by atoms with van der Waals surface area (Å²) in [6.07, 6.45) is 3.47. The number of hydrogen-bond acceptors (Lipinski definition) is 5. The number of carbonyl (C=O) groups excluding carboxylic acids is 1. The molecule has 0 aliphatic carbocycles. The van der Waals surface area contributed by atoms with Crippen molar-refractivity contribution in [3.63, 3.8) is 0 Å². The molecule has 28 heavy (non-hydrogen) atoms. The largest absolute Gasteiger partial charge is 0.491 e. The highest BCUT2D eigenvalue weighted by Crippen LogP contribution is 2.37. The SMILES string of the molecule is Cc1noc(C)c1-c1cc(NC(=O)C(C)(C)F)ccc1OC[C@H]1CCCCN1. The summed E-state index contributed by atoms with van der Waals surface area (Å²) in [6, 6.07) is 5.61. The van der Waals surface area contributed by atoms with Gasteiger partial charge < -0.3 is 19.9 Å². The molecule has 0 spiro atoms. The summed E-state index contributed by atoms with van der Waals surface area (Å²) in [5.74, 6) is 0.643. The van der Waals surface area contributed by atoms with Crippen LogP contribution >= 0.6 is 0 Å². The van der Waals surface area contributed by atoms with Gasteiger partial charge in [0.15, 0.2) is 5.67 Å². The van der Waals surface area contributed by atoms with E-state index in [4.69, 9.17) is 9.26 Å². The Labute approximate surface area is 164 Å². The Balaban J connectivity index is 1.89. The third-order valence-electron chi connectivity index (χ3n) is 4.93. The van der Waals surface area contributed by atoms with Crippen LogP contribution in [0.25, 0.3) is 11.1 Å². The fourth-order valence-corrected chi connectivity index (χ4v) is 3.33. The Morgan fingerprint density at radius 2 is 2.18 bits per heavy atom. The molecule has 0 unspecified atom stereocenters. The summed E-state index contributed by atoms with van der Waals surface area (Å²) >= 11 is 0. The van der Waals surface area contributed by atoms with Gasteiger partial charge in [-0.25, -0.2) is 4.39 Å². The van der Waals surface area contributed by atoms with E-state index in [0.29, 0.717) is 29.8 Å². The second kappa shape index (κ2) is 8.31. The second-order valence-corrected chi connectivity index (χ2v) is 7.79. The number of benzene rings is 1. The average molecular weight is 389 g/mol. The number of anilines is 1. The fraction of sp³-hybridized carbons (Fsp3) is 0.524. The van der Waals surface area contributed by atoms with Crippen molar-refractivity contribution in [3.05, 3.63) is 29.7 Å². The van der Waals surface area contributed by atoms with Crippen LogP contribution in [0, 0.1) is 13.8 Å². The van der Waals surface area contributed by atoms with Crippen LogP contribution in [0.15, 0.2) is 22.7 Å². The molecule has 2 heterocycles. The van der Waals surface area contributed by atoms with Gasteiger partial charge in [0.1, 0.15) is 18.1 Å². The average Bonchev–Trinajstić information content (AvgIpc) is 2.99. The van der Waals surface area contributed by atoms with Gasteiger partial charge in [-0.3, -0.25) is 4.79 Å². The molecule has 1 aromatic carbocycles. The minimum absolute atomic E-state index is 0.318. The van der Waals surface area contributed by atoms with Crippen molar-refractivity contribution in [2.75, 3.05) is 18.5 Å². The number of nitrogens with one attached hydrogen (secondary N) is 2. The lowest BCUT2D eigenvalue weighted by atomic mass is 10.0. The van der Waals surface area contributed by atoms with E-state index in [0.717, 1.165) is 29.8 Å². The molecule has 152 valence electrons. The van der Waals surface area contributed by atoms with Crippen LogP contribution in [0.2, 0.25) is 0 Å². The number of aryl methyl sites for hydroxylation is 2. The summed E-state index contributed by atoms with van der Waals surface area (Å²) in [5.41, 5.74) is 0.843. The van der Waals surface area contributed by atoms with Crippen LogP contribution in [-0.4, -0.2) is 35.9 Å². The van der Waals surface area contributed by atoms with Crippen molar-refractivity contribution in [2.45, 2.75) is 58.7 Å². The zero-order chi connectivity index (χ0) is 20.3. The van der Waals surface area contributed by atoms with Crippen LogP contribution in [0.4, 0.5) is 10.1 Å². The monoisotopic (exact) mass is 389 g/mol. The van der Waals surface area contributed by atoms with Crippen molar-refractivity contribution in [1.82, 2.24) is 10.5 Å². The summed E-state index contributed by atoms with van der Waals surface area (Å²) < 4.78 is 25.3. The maximum atomic E-state index is 13.9. The van der Waals surface area contributed by atoms with E-state index in [-0.39, 0.29) is 0 Å². The summed E-state index contributed by atoms with van der Waals surface area (Å²) in [6.45, 7) is 7.71. The third-order valence-corrected chi connectivity index (χ3v) is 4.93. The number of hydrogen-bond donors (Lipinski definition) is 2. The topological polar surface area (TPSA) is 76.4 Å².